The highest BCUT2D eigenvalue weighted by molar-refractivity contribution is 5.97. The minimum Gasteiger partial charge on any atom is -0.362 e. The maximum absolute atomic E-state index is 12.5. The Morgan fingerprint density at radius 1 is 1.15 bits per heavy atom. The molecule has 5 heteroatoms. The summed E-state index contributed by atoms with van der Waals surface area (Å²) in [6, 6.07) is 6.30. The lowest BCUT2D eigenvalue weighted by Gasteiger charge is -2.33. The lowest BCUT2D eigenvalue weighted by Crippen LogP contribution is -2.44. The van der Waals surface area contributed by atoms with Gasteiger partial charge >= 0.3 is 0 Å². The maximum atomic E-state index is 12.5. The fourth-order valence-corrected chi connectivity index (χ4v) is 4.11. The van der Waals surface area contributed by atoms with E-state index in [0.29, 0.717) is 12.6 Å². The molecular weight excluding hydrogens is 326 g/mol. The van der Waals surface area contributed by atoms with Gasteiger partial charge in [-0.2, -0.15) is 0 Å². The van der Waals surface area contributed by atoms with Gasteiger partial charge in [-0.25, -0.2) is 0 Å². The van der Waals surface area contributed by atoms with Crippen LogP contribution in [0.4, 0.5) is 5.69 Å². The molecule has 3 rings (SSSR count). The maximum Gasteiger partial charge on any atom is 0.251 e. The van der Waals surface area contributed by atoms with E-state index in [2.05, 4.69) is 15.5 Å². The van der Waals surface area contributed by atoms with Crippen LogP contribution in [0.15, 0.2) is 18.2 Å². The number of benzene rings is 1. The van der Waals surface area contributed by atoms with Gasteiger partial charge in [0.05, 0.1) is 6.54 Å². The van der Waals surface area contributed by atoms with E-state index in [1.165, 1.54) is 19.3 Å². The molecule has 1 aromatic rings. The smallest absolute Gasteiger partial charge is 0.251 e. The van der Waals surface area contributed by atoms with E-state index in [1.807, 2.05) is 32.0 Å². The Morgan fingerprint density at radius 2 is 1.92 bits per heavy atom. The number of nitrogens with zero attached hydrogens (tertiary/aromatic N) is 1. The standard InChI is InChI=1S/C21H31N3O2/c1-15(2)22-21(26)18-10-6-12-19-17(18)11-7-13-24(19)14-20(25)23-16-8-4-3-5-9-16/h6,10,12,15-16H,3-5,7-9,11,13-14H2,1-2H3,(H,22,26)(H,23,25). The molecule has 2 aliphatic rings. The fraction of sp³-hybridized carbons (Fsp3) is 0.619. The van der Waals surface area contributed by atoms with Crippen molar-refractivity contribution in [2.45, 2.75) is 70.9 Å². The largest absolute Gasteiger partial charge is 0.362 e. The van der Waals surface area contributed by atoms with Gasteiger partial charge in [-0.1, -0.05) is 25.3 Å². The van der Waals surface area contributed by atoms with Gasteiger partial charge in [0.25, 0.3) is 5.91 Å². The average Bonchev–Trinajstić information content (AvgIpc) is 2.61. The molecular formula is C21H31N3O2. The normalized spacial score (nSPS) is 17.7. The van der Waals surface area contributed by atoms with Gasteiger partial charge in [-0.15, -0.1) is 0 Å². The number of rotatable bonds is 5. The minimum atomic E-state index is -0.0228. The van der Waals surface area contributed by atoms with E-state index in [9.17, 15) is 9.59 Å². The highest BCUT2D eigenvalue weighted by atomic mass is 16.2. The summed E-state index contributed by atoms with van der Waals surface area (Å²) < 4.78 is 0. The molecule has 142 valence electrons. The lowest BCUT2D eigenvalue weighted by molar-refractivity contribution is -0.120. The second kappa shape index (κ2) is 8.56. The van der Waals surface area contributed by atoms with Crippen molar-refractivity contribution in [2.24, 2.45) is 0 Å². The SMILES string of the molecule is CC(C)NC(=O)c1cccc2c1CCCN2CC(=O)NC1CCCCC1. The molecule has 1 aliphatic carbocycles. The molecule has 0 saturated heterocycles. The second-order valence-electron chi connectivity index (χ2n) is 7.86. The fourth-order valence-electron chi connectivity index (χ4n) is 4.11. The molecule has 2 N–H and O–H groups in total. The topological polar surface area (TPSA) is 61.4 Å². The van der Waals surface area contributed by atoms with Crippen molar-refractivity contribution in [3.63, 3.8) is 0 Å². The third-order valence-corrected chi connectivity index (χ3v) is 5.32. The number of nitrogens with one attached hydrogen (secondary N) is 2. The Labute approximate surface area is 156 Å². The van der Waals surface area contributed by atoms with E-state index in [1.54, 1.807) is 0 Å². The van der Waals surface area contributed by atoms with Gasteiger partial charge in [0.2, 0.25) is 5.91 Å². The van der Waals surface area contributed by atoms with Crippen LogP contribution in [-0.4, -0.2) is 37.0 Å². The number of hydrogen-bond donors (Lipinski definition) is 2. The molecule has 2 amide bonds. The van der Waals surface area contributed by atoms with Crippen LogP contribution in [0.5, 0.6) is 0 Å². The molecule has 1 heterocycles. The van der Waals surface area contributed by atoms with Crippen molar-refractivity contribution in [3.05, 3.63) is 29.3 Å². The first-order valence-corrected chi connectivity index (χ1v) is 10.0. The molecule has 26 heavy (non-hydrogen) atoms. The van der Waals surface area contributed by atoms with Crippen LogP contribution in [0.3, 0.4) is 0 Å². The molecule has 5 nitrogen and oxygen atoms in total. The number of fused-ring (bicyclic) bond motifs is 1. The number of amides is 2. The van der Waals surface area contributed by atoms with Crippen LogP contribution in [0.2, 0.25) is 0 Å². The van der Waals surface area contributed by atoms with Crippen molar-refractivity contribution >= 4 is 17.5 Å². The highest BCUT2D eigenvalue weighted by Gasteiger charge is 2.24. The Balaban J connectivity index is 1.70. The van der Waals surface area contributed by atoms with E-state index in [0.717, 1.165) is 49.0 Å². The summed E-state index contributed by atoms with van der Waals surface area (Å²) >= 11 is 0. The molecule has 1 saturated carbocycles. The molecule has 0 spiro atoms. The summed E-state index contributed by atoms with van der Waals surface area (Å²) in [5, 5.41) is 6.18. The minimum absolute atomic E-state index is 0.0228. The quantitative estimate of drug-likeness (QED) is 0.851. The second-order valence-corrected chi connectivity index (χ2v) is 7.86. The van der Waals surface area contributed by atoms with E-state index >= 15 is 0 Å². The number of hydrogen-bond acceptors (Lipinski definition) is 3. The molecule has 0 radical (unpaired) electrons. The van der Waals surface area contributed by atoms with Crippen LogP contribution in [0.1, 0.15) is 68.3 Å². The van der Waals surface area contributed by atoms with Crippen molar-refractivity contribution in [1.29, 1.82) is 0 Å². The molecule has 0 aromatic heterocycles. The van der Waals surface area contributed by atoms with Gasteiger partial charge < -0.3 is 15.5 Å². The zero-order valence-corrected chi connectivity index (χ0v) is 16.0. The average molecular weight is 357 g/mol. The summed E-state index contributed by atoms with van der Waals surface area (Å²) in [7, 11) is 0. The molecule has 0 atom stereocenters. The highest BCUT2D eigenvalue weighted by Crippen LogP contribution is 2.30. The number of anilines is 1. The van der Waals surface area contributed by atoms with Crippen molar-refractivity contribution < 1.29 is 9.59 Å². The predicted octanol–water partition coefficient (Wildman–Crippen LogP) is 3.03. The van der Waals surface area contributed by atoms with Crippen molar-refractivity contribution in [2.75, 3.05) is 18.0 Å². The Kier molecular flexibility index (Phi) is 6.17. The van der Waals surface area contributed by atoms with Crippen LogP contribution in [0.25, 0.3) is 0 Å². The summed E-state index contributed by atoms with van der Waals surface area (Å²) in [5.41, 5.74) is 2.85. The van der Waals surface area contributed by atoms with Crippen molar-refractivity contribution in [1.82, 2.24) is 10.6 Å². The number of carbonyl (C=O) groups is 2. The van der Waals surface area contributed by atoms with Gasteiger partial charge in [-0.3, -0.25) is 9.59 Å². The first-order valence-electron chi connectivity index (χ1n) is 10.0. The summed E-state index contributed by atoms with van der Waals surface area (Å²) in [4.78, 5) is 27.2. The zero-order valence-electron chi connectivity index (χ0n) is 16.0. The predicted molar refractivity (Wildman–Crippen MR) is 105 cm³/mol. The third-order valence-electron chi connectivity index (χ3n) is 5.32. The first kappa shape index (κ1) is 18.7. The van der Waals surface area contributed by atoms with Crippen LogP contribution in [0, 0.1) is 0 Å². The monoisotopic (exact) mass is 357 g/mol. The van der Waals surface area contributed by atoms with E-state index < -0.39 is 0 Å². The van der Waals surface area contributed by atoms with Gasteiger partial charge in [0.15, 0.2) is 0 Å². The Hall–Kier alpha value is -2.04. The Bertz CT molecular complexity index is 651. The van der Waals surface area contributed by atoms with E-state index in [-0.39, 0.29) is 17.9 Å². The molecule has 0 bridgehead atoms. The van der Waals surface area contributed by atoms with Crippen LogP contribution < -0.4 is 15.5 Å². The molecule has 1 fully saturated rings. The third kappa shape index (κ3) is 4.57. The van der Waals surface area contributed by atoms with Crippen LogP contribution in [-0.2, 0) is 11.2 Å². The van der Waals surface area contributed by atoms with Gasteiger partial charge in [-0.05, 0) is 57.2 Å². The zero-order chi connectivity index (χ0) is 18.5. The molecule has 1 aliphatic heterocycles. The first-order chi connectivity index (χ1) is 12.5. The summed E-state index contributed by atoms with van der Waals surface area (Å²) in [6.07, 6.45) is 7.77. The van der Waals surface area contributed by atoms with Crippen molar-refractivity contribution in [3.8, 4) is 0 Å². The van der Waals surface area contributed by atoms with E-state index in [4.69, 9.17) is 0 Å². The Morgan fingerprint density at radius 3 is 2.65 bits per heavy atom. The number of carbonyl (C=O) groups excluding carboxylic acids is 2. The van der Waals surface area contributed by atoms with Gasteiger partial charge in [0, 0.05) is 29.9 Å². The van der Waals surface area contributed by atoms with Gasteiger partial charge in [0.1, 0.15) is 0 Å². The summed E-state index contributed by atoms with van der Waals surface area (Å²) in [6.45, 7) is 5.17. The molecule has 1 aromatic carbocycles. The summed E-state index contributed by atoms with van der Waals surface area (Å²) in [5.74, 6) is 0.0761. The van der Waals surface area contributed by atoms with Crippen LogP contribution >= 0.6 is 0 Å². The lowest BCUT2D eigenvalue weighted by atomic mass is 9.95. The molecule has 0 unspecified atom stereocenters.